The molecule has 0 amide bonds. The van der Waals surface area contributed by atoms with Crippen LogP contribution in [0.25, 0.3) is 0 Å². The SMILES string of the molecule is Cc1cc(Cc2ccccc2)cc(CO)c1OCCCOc1c(C)cc(Cc2ccccc2)cc1CO. The predicted molar refractivity (Wildman–Crippen MR) is 148 cm³/mol. The molecule has 0 aliphatic rings. The molecule has 0 radical (unpaired) electrons. The van der Waals surface area contributed by atoms with E-state index in [1.807, 2.05) is 62.4 Å². The number of ether oxygens (including phenoxy) is 2. The second kappa shape index (κ2) is 13.1. The summed E-state index contributed by atoms with van der Waals surface area (Å²) in [5.74, 6) is 1.49. The highest BCUT2D eigenvalue weighted by Gasteiger charge is 2.12. The van der Waals surface area contributed by atoms with Gasteiger partial charge in [0.1, 0.15) is 11.5 Å². The second-order valence-electron chi connectivity index (χ2n) is 9.49. The molecule has 0 aliphatic heterocycles. The van der Waals surface area contributed by atoms with Crippen LogP contribution in [-0.2, 0) is 26.1 Å². The molecule has 4 aromatic carbocycles. The smallest absolute Gasteiger partial charge is 0.127 e. The van der Waals surface area contributed by atoms with Gasteiger partial charge in [-0.15, -0.1) is 0 Å². The van der Waals surface area contributed by atoms with Crippen LogP contribution in [0.1, 0.15) is 50.9 Å². The third-order valence-electron chi connectivity index (χ3n) is 6.45. The Labute approximate surface area is 220 Å². The number of hydrogen-bond donors (Lipinski definition) is 2. The maximum absolute atomic E-state index is 9.96. The molecule has 192 valence electrons. The first-order chi connectivity index (χ1) is 18.1. The maximum atomic E-state index is 9.96. The molecule has 0 spiro atoms. The predicted octanol–water partition coefficient (Wildman–Crippen LogP) is 6.32. The Morgan fingerprint density at radius 1 is 0.541 bits per heavy atom. The average Bonchev–Trinajstić information content (AvgIpc) is 2.91. The lowest BCUT2D eigenvalue weighted by Gasteiger charge is -2.17. The Bertz CT molecular complexity index is 1180. The summed E-state index contributed by atoms with van der Waals surface area (Å²) in [6, 6.07) is 29.0. The zero-order valence-electron chi connectivity index (χ0n) is 21.7. The summed E-state index contributed by atoms with van der Waals surface area (Å²) >= 11 is 0. The van der Waals surface area contributed by atoms with E-state index in [4.69, 9.17) is 9.47 Å². The summed E-state index contributed by atoms with van der Waals surface area (Å²) in [5, 5.41) is 19.9. The van der Waals surface area contributed by atoms with Gasteiger partial charge in [0.2, 0.25) is 0 Å². The fourth-order valence-corrected chi connectivity index (χ4v) is 4.78. The topological polar surface area (TPSA) is 58.9 Å². The molecule has 0 heterocycles. The van der Waals surface area contributed by atoms with Gasteiger partial charge >= 0.3 is 0 Å². The van der Waals surface area contributed by atoms with E-state index in [0.29, 0.717) is 19.6 Å². The largest absolute Gasteiger partial charge is 0.493 e. The van der Waals surface area contributed by atoms with Crippen molar-refractivity contribution in [3.63, 3.8) is 0 Å². The number of benzene rings is 4. The van der Waals surface area contributed by atoms with Crippen molar-refractivity contribution in [2.45, 2.75) is 46.3 Å². The van der Waals surface area contributed by atoms with Gasteiger partial charge in [0.05, 0.1) is 26.4 Å². The van der Waals surface area contributed by atoms with Crippen molar-refractivity contribution >= 4 is 0 Å². The van der Waals surface area contributed by atoms with Crippen LogP contribution in [-0.4, -0.2) is 23.4 Å². The molecule has 0 bridgehead atoms. The first-order valence-corrected chi connectivity index (χ1v) is 12.9. The lowest BCUT2D eigenvalue weighted by atomic mass is 9.99. The normalized spacial score (nSPS) is 10.9. The summed E-state index contributed by atoms with van der Waals surface area (Å²) in [5.41, 5.74) is 8.44. The Morgan fingerprint density at radius 3 is 1.32 bits per heavy atom. The molecule has 37 heavy (non-hydrogen) atoms. The van der Waals surface area contributed by atoms with Crippen LogP contribution in [0.15, 0.2) is 84.9 Å². The molecule has 4 nitrogen and oxygen atoms in total. The summed E-state index contributed by atoms with van der Waals surface area (Å²) in [4.78, 5) is 0. The van der Waals surface area contributed by atoms with Gasteiger partial charge in [-0.3, -0.25) is 0 Å². The fraction of sp³-hybridized carbons (Fsp3) is 0.273. The molecule has 0 unspecified atom stereocenters. The van der Waals surface area contributed by atoms with E-state index < -0.39 is 0 Å². The van der Waals surface area contributed by atoms with Gasteiger partial charge in [0.15, 0.2) is 0 Å². The first kappa shape index (κ1) is 26.5. The average molecular weight is 497 g/mol. The van der Waals surface area contributed by atoms with Crippen molar-refractivity contribution in [1.29, 1.82) is 0 Å². The van der Waals surface area contributed by atoms with Gasteiger partial charge in [-0.2, -0.15) is 0 Å². The number of aliphatic hydroxyl groups excluding tert-OH is 2. The molecule has 4 heteroatoms. The van der Waals surface area contributed by atoms with Crippen molar-refractivity contribution in [2.24, 2.45) is 0 Å². The van der Waals surface area contributed by atoms with Crippen molar-refractivity contribution in [1.82, 2.24) is 0 Å². The molecular weight excluding hydrogens is 460 g/mol. The standard InChI is InChI=1S/C33H36O4/c1-24-16-28(18-26-10-5-3-6-11-26)20-30(22-34)32(24)36-14-9-15-37-33-25(2)17-29(21-31(33)23-35)19-27-12-7-4-8-13-27/h3-8,10-13,16-17,20-21,34-35H,9,14-15,18-19,22-23H2,1-2H3. The lowest BCUT2D eigenvalue weighted by Crippen LogP contribution is -2.09. The summed E-state index contributed by atoms with van der Waals surface area (Å²) < 4.78 is 12.2. The van der Waals surface area contributed by atoms with E-state index in [2.05, 4.69) is 36.4 Å². The highest BCUT2D eigenvalue weighted by atomic mass is 16.5. The Morgan fingerprint density at radius 2 is 0.946 bits per heavy atom. The minimum absolute atomic E-state index is 0.0658. The molecule has 0 aromatic heterocycles. The van der Waals surface area contributed by atoms with E-state index in [1.54, 1.807) is 0 Å². The fourth-order valence-electron chi connectivity index (χ4n) is 4.78. The van der Waals surface area contributed by atoms with Gasteiger partial charge in [0.25, 0.3) is 0 Å². The molecular formula is C33H36O4. The van der Waals surface area contributed by atoms with Crippen LogP contribution in [0, 0.1) is 13.8 Å². The Kier molecular flexibility index (Phi) is 9.36. The minimum Gasteiger partial charge on any atom is -0.493 e. The quantitative estimate of drug-likeness (QED) is 0.225. The summed E-state index contributed by atoms with van der Waals surface area (Å²) in [7, 11) is 0. The molecule has 0 fully saturated rings. The van der Waals surface area contributed by atoms with E-state index in [9.17, 15) is 10.2 Å². The third kappa shape index (κ3) is 7.22. The van der Waals surface area contributed by atoms with Gasteiger partial charge < -0.3 is 19.7 Å². The number of hydrogen-bond acceptors (Lipinski definition) is 4. The van der Waals surface area contributed by atoms with Crippen molar-refractivity contribution in [3.05, 3.63) is 129 Å². The van der Waals surface area contributed by atoms with Crippen LogP contribution in [0.2, 0.25) is 0 Å². The molecule has 0 saturated heterocycles. The number of rotatable bonds is 12. The summed E-state index contributed by atoms with van der Waals surface area (Å²) in [6.45, 7) is 4.87. The Balaban J connectivity index is 1.33. The monoisotopic (exact) mass is 496 g/mol. The van der Waals surface area contributed by atoms with Gasteiger partial charge in [0, 0.05) is 17.5 Å². The zero-order valence-corrected chi connectivity index (χ0v) is 21.7. The lowest BCUT2D eigenvalue weighted by molar-refractivity contribution is 0.228. The summed E-state index contributed by atoms with van der Waals surface area (Å²) in [6.07, 6.45) is 2.32. The molecule has 4 aromatic rings. The second-order valence-corrected chi connectivity index (χ2v) is 9.49. The third-order valence-corrected chi connectivity index (χ3v) is 6.45. The van der Waals surface area contributed by atoms with Crippen molar-refractivity contribution < 1.29 is 19.7 Å². The minimum atomic E-state index is -0.0658. The molecule has 0 aliphatic carbocycles. The van der Waals surface area contributed by atoms with E-state index >= 15 is 0 Å². The molecule has 0 atom stereocenters. The number of aliphatic hydroxyl groups is 2. The van der Waals surface area contributed by atoms with E-state index in [1.165, 1.54) is 11.1 Å². The van der Waals surface area contributed by atoms with Gasteiger partial charge in [-0.1, -0.05) is 72.8 Å². The first-order valence-electron chi connectivity index (χ1n) is 12.9. The zero-order chi connectivity index (χ0) is 26.0. The highest BCUT2D eigenvalue weighted by Crippen LogP contribution is 2.29. The maximum Gasteiger partial charge on any atom is 0.127 e. The van der Waals surface area contributed by atoms with Crippen LogP contribution in [0.3, 0.4) is 0 Å². The van der Waals surface area contributed by atoms with Crippen molar-refractivity contribution in [3.8, 4) is 11.5 Å². The van der Waals surface area contributed by atoms with Crippen LogP contribution in [0.4, 0.5) is 0 Å². The van der Waals surface area contributed by atoms with Crippen LogP contribution in [0.5, 0.6) is 11.5 Å². The number of aryl methyl sites for hydroxylation is 2. The van der Waals surface area contributed by atoms with E-state index in [0.717, 1.165) is 57.7 Å². The van der Waals surface area contributed by atoms with Crippen molar-refractivity contribution in [2.75, 3.05) is 13.2 Å². The van der Waals surface area contributed by atoms with Crippen LogP contribution < -0.4 is 9.47 Å². The van der Waals surface area contributed by atoms with Gasteiger partial charge in [-0.05, 0) is 72.2 Å². The highest BCUT2D eigenvalue weighted by molar-refractivity contribution is 5.46. The van der Waals surface area contributed by atoms with Gasteiger partial charge in [-0.25, -0.2) is 0 Å². The molecule has 2 N–H and O–H groups in total. The van der Waals surface area contributed by atoms with Crippen LogP contribution >= 0.6 is 0 Å². The van der Waals surface area contributed by atoms with E-state index in [-0.39, 0.29) is 13.2 Å². The molecule has 4 rings (SSSR count). The Hall–Kier alpha value is -3.60. The molecule has 0 saturated carbocycles.